The van der Waals surface area contributed by atoms with Gasteiger partial charge in [0.05, 0.1) is 5.92 Å². The Morgan fingerprint density at radius 2 is 2.42 bits per heavy atom. The van der Waals surface area contributed by atoms with Crippen LogP contribution in [-0.2, 0) is 4.79 Å². The lowest BCUT2D eigenvalue weighted by atomic mass is 9.96. The van der Waals surface area contributed by atoms with Crippen LogP contribution in [0.15, 0.2) is 18.3 Å². The van der Waals surface area contributed by atoms with Gasteiger partial charge < -0.3 is 16.0 Å². The normalized spacial score (nSPS) is 21.2. The van der Waals surface area contributed by atoms with Crippen LogP contribution in [0.4, 0.5) is 5.82 Å². The molecule has 19 heavy (non-hydrogen) atoms. The summed E-state index contributed by atoms with van der Waals surface area (Å²) in [5.74, 6) is 0.702. The Balaban J connectivity index is 2.23. The minimum atomic E-state index is -0.205. The Morgan fingerprint density at radius 3 is 3.11 bits per heavy atom. The highest BCUT2D eigenvalue weighted by molar-refractivity contribution is 5.77. The summed E-state index contributed by atoms with van der Waals surface area (Å²) in [4.78, 5) is 18.1. The van der Waals surface area contributed by atoms with Crippen molar-refractivity contribution in [3.63, 3.8) is 0 Å². The second kappa shape index (κ2) is 6.02. The first-order chi connectivity index (χ1) is 9.13. The number of hydrogen-bond donors (Lipinski definition) is 2. The van der Waals surface area contributed by atoms with Crippen LogP contribution in [0.25, 0.3) is 0 Å². The molecule has 0 aliphatic carbocycles. The molecule has 1 aliphatic heterocycles. The predicted molar refractivity (Wildman–Crippen MR) is 75.8 cm³/mol. The highest BCUT2D eigenvalue weighted by Gasteiger charge is 2.26. The van der Waals surface area contributed by atoms with Crippen molar-refractivity contribution in [1.82, 2.24) is 10.3 Å². The Kier molecular flexibility index (Phi) is 4.37. The van der Waals surface area contributed by atoms with Gasteiger partial charge in [0.25, 0.3) is 0 Å². The molecule has 2 unspecified atom stereocenters. The number of nitrogens with zero attached hydrogens (tertiary/aromatic N) is 2. The maximum absolute atomic E-state index is 11.4. The smallest absolute Gasteiger partial charge is 0.222 e. The molecule has 1 aliphatic rings. The van der Waals surface area contributed by atoms with Crippen molar-refractivity contribution in [3.05, 3.63) is 23.9 Å². The first-order valence-corrected chi connectivity index (χ1v) is 6.80. The third-order valence-electron chi connectivity index (χ3n) is 3.84. The fourth-order valence-electron chi connectivity index (χ4n) is 2.57. The number of carbonyl (C=O) groups excluding carboxylic acids is 1. The van der Waals surface area contributed by atoms with Gasteiger partial charge in [-0.3, -0.25) is 4.79 Å². The number of piperidine rings is 1. The number of primary amides is 1. The Hall–Kier alpha value is -1.62. The topological polar surface area (TPSA) is 71.2 Å². The highest BCUT2D eigenvalue weighted by Crippen LogP contribution is 2.27. The monoisotopic (exact) mass is 262 g/mol. The van der Waals surface area contributed by atoms with Gasteiger partial charge in [0.2, 0.25) is 5.91 Å². The molecule has 2 atom stereocenters. The number of amides is 1. The molecule has 3 N–H and O–H groups in total. The summed E-state index contributed by atoms with van der Waals surface area (Å²) in [6.45, 7) is 3.72. The second-order valence-electron chi connectivity index (χ2n) is 5.11. The second-order valence-corrected chi connectivity index (χ2v) is 5.11. The Morgan fingerprint density at radius 1 is 1.63 bits per heavy atom. The summed E-state index contributed by atoms with van der Waals surface area (Å²) in [6.07, 6.45) is 3.67. The molecule has 1 amide bonds. The summed E-state index contributed by atoms with van der Waals surface area (Å²) >= 11 is 0. The lowest BCUT2D eigenvalue weighted by Crippen LogP contribution is -2.42. The number of hydrogen-bond acceptors (Lipinski definition) is 4. The van der Waals surface area contributed by atoms with Crippen LogP contribution >= 0.6 is 0 Å². The number of nitrogens with one attached hydrogen (secondary N) is 1. The van der Waals surface area contributed by atoms with Crippen molar-refractivity contribution in [3.8, 4) is 0 Å². The van der Waals surface area contributed by atoms with E-state index in [9.17, 15) is 4.79 Å². The molecule has 5 nitrogen and oxygen atoms in total. The van der Waals surface area contributed by atoms with Crippen molar-refractivity contribution in [2.45, 2.75) is 25.8 Å². The van der Waals surface area contributed by atoms with E-state index in [4.69, 9.17) is 5.73 Å². The highest BCUT2D eigenvalue weighted by atomic mass is 16.1. The molecule has 2 rings (SSSR count). The first-order valence-electron chi connectivity index (χ1n) is 6.80. The van der Waals surface area contributed by atoms with Crippen molar-refractivity contribution >= 4 is 11.7 Å². The van der Waals surface area contributed by atoms with E-state index in [1.165, 1.54) is 0 Å². The summed E-state index contributed by atoms with van der Waals surface area (Å²) in [5, 5.41) is 3.24. The number of nitrogens with two attached hydrogens (primary N) is 1. The molecule has 0 aromatic carbocycles. The first kappa shape index (κ1) is 13.8. The zero-order chi connectivity index (χ0) is 13.8. The van der Waals surface area contributed by atoms with E-state index in [0.717, 1.165) is 30.8 Å². The molecule has 1 aromatic heterocycles. The summed E-state index contributed by atoms with van der Waals surface area (Å²) < 4.78 is 0. The number of anilines is 1. The molecule has 0 saturated carbocycles. The van der Waals surface area contributed by atoms with Gasteiger partial charge >= 0.3 is 0 Å². The molecule has 5 heteroatoms. The number of pyridine rings is 1. The number of carbonyl (C=O) groups is 1. The molecule has 0 spiro atoms. The fraction of sp³-hybridized carbons (Fsp3) is 0.571. The zero-order valence-corrected chi connectivity index (χ0v) is 11.6. The summed E-state index contributed by atoms with van der Waals surface area (Å²) in [7, 11) is 1.93. The average molecular weight is 262 g/mol. The van der Waals surface area contributed by atoms with Gasteiger partial charge in [-0.25, -0.2) is 4.98 Å². The molecule has 1 fully saturated rings. The van der Waals surface area contributed by atoms with Crippen molar-refractivity contribution in [2.75, 3.05) is 25.0 Å². The van der Waals surface area contributed by atoms with E-state index < -0.39 is 0 Å². The minimum absolute atomic E-state index is 0.0616. The SMILES string of the molecule is CNC(C)c1cccnc1N1CCCC(C(N)=O)C1. The van der Waals surface area contributed by atoms with Crippen molar-refractivity contribution in [1.29, 1.82) is 0 Å². The van der Waals surface area contributed by atoms with Gasteiger partial charge in [-0.1, -0.05) is 6.07 Å². The van der Waals surface area contributed by atoms with Gasteiger partial charge in [-0.05, 0) is 32.9 Å². The van der Waals surface area contributed by atoms with E-state index in [1.807, 2.05) is 13.1 Å². The zero-order valence-electron chi connectivity index (χ0n) is 11.6. The Labute approximate surface area is 114 Å². The van der Waals surface area contributed by atoms with Crippen LogP contribution in [0.3, 0.4) is 0 Å². The van der Waals surface area contributed by atoms with Gasteiger partial charge in [0, 0.05) is 30.9 Å². The van der Waals surface area contributed by atoms with Gasteiger partial charge in [-0.2, -0.15) is 0 Å². The third-order valence-corrected chi connectivity index (χ3v) is 3.84. The lowest BCUT2D eigenvalue weighted by molar-refractivity contribution is -0.122. The maximum Gasteiger partial charge on any atom is 0.222 e. The van der Waals surface area contributed by atoms with Gasteiger partial charge in [0.1, 0.15) is 5.82 Å². The van der Waals surface area contributed by atoms with Crippen LogP contribution in [-0.4, -0.2) is 31.0 Å². The van der Waals surface area contributed by atoms with E-state index >= 15 is 0 Å². The van der Waals surface area contributed by atoms with Crippen LogP contribution in [0, 0.1) is 5.92 Å². The molecule has 0 bridgehead atoms. The molecule has 1 aromatic rings. The quantitative estimate of drug-likeness (QED) is 0.851. The van der Waals surface area contributed by atoms with Gasteiger partial charge in [-0.15, -0.1) is 0 Å². The van der Waals surface area contributed by atoms with Crippen LogP contribution in [0.5, 0.6) is 0 Å². The molecule has 0 radical (unpaired) electrons. The largest absolute Gasteiger partial charge is 0.369 e. The predicted octanol–water partition coefficient (Wildman–Crippen LogP) is 1.06. The maximum atomic E-state index is 11.4. The summed E-state index contributed by atoms with van der Waals surface area (Å²) in [6, 6.07) is 4.26. The number of aromatic nitrogens is 1. The van der Waals surface area contributed by atoms with Crippen molar-refractivity contribution < 1.29 is 4.79 Å². The molecular weight excluding hydrogens is 240 g/mol. The van der Waals surface area contributed by atoms with Crippen molar-refractivity contribution in [2.24, 2.45) is 11.7 Å². The van der Waals surface area contributed by atoms with E-state index in [-0.39, 0.29) is 17.9 Å². The fourth-order valence-corrected chi connectivity index (χ4v) is 2.57. The van der Waals surface area contributed by atoms with E-state index in [1.54, 1.807) is 6.20 Å². The Bertz CT molecular complexity index is 449. The van der Waals surface area contributed by atoms with Crippen LogP contribution < -0.4 is 16.0 Å². The lowest BCUT2D eigenvalue weighted by Gasteiger charge is -2.34. The van der Waals surface area contributed by atoms with Crippen LogP contribution in [0.1, 0.15) is 31.4 Å². The summed E-state index contributed by atoms with van der Waals surface area (Å²) in [5.41, 5.74) is 6.60. The third kappa shape index (κ3) is 3.04. The van der Waals surface area contributed by atoms with E-state index in [0.29, 0.717) is 6.54 Å². The van der Waals surface area contributed by atoms with Gasteiger partial charge in [0.15, 0.2) is 0 Å². The molecule has 104 valence electrons. The molecule has 2 heterocycles. The van der Waals surface area contributed by atoms with E-state index in [2.05, 4.69) is 28.2 Å². The average Bonchev–Trinajstić information content (AvgIpc) is 2.46. The number of rotatable bonds is 4. The molecular formula is C14H22N4O. The standard InChI is InChI=1S/C14H22N4O/c1-10(16-2)12-6-3-7-17-14(12)18-8-4-5-11(9-18)13(15)19/h3,6-7,10-11,16H,4-5,8-9H2,1-2H3,(H2,15,19). The molecule has 1 saturated heterocycles. The minimum Gasteiger partial charge on any atom is -0.369 e. The van der Waals surface area contributed by atoms with Crippen LogP contribution in [0.2, 0.25) is 0 Å².